The van der Waals surface area contributed by atoms with E-state index >= 15 is 0 Å². The summed E-state index contributed by atoms with van der Waals surface area (Å²) < 4.78 is 5.24. The van der Waals surface area contributed by atoms with Crippen LogP contribution in [0.4, 0.5) is 5.82 Å². The van der Waals surface area contributed by atoms with Crippen LogP contribution >= 0.6 is 23.7 Å². The van der Waals surface area contributed by atoms with Crippen molar-refractivity contribution in [1.29, 1.82) is 0 Å². The Bertz CT molecular complexity index is 1050. The number of ether oxygens (including phenoxy) is 1. The molecule has 2 aromatic heterocycles. The Morgan fingerprint density at radius 1 is 1.18 bits per heavy atom. The smallest absolute Gasteiger partial charge is 0.233 e. The molecule has 0 aliphatic heterocycles. The SMILES string of the molecule is COc1ccc(C(Cc2ccsc2)C(=O)Nc2n[nH]c3ccccc23)cc1.Cl. The van der Waals surface area contributed by atoms with E-state index in [1.54, 1.807) is 18.4 Å². The zero-order chi connectivity index (χ0) is 18.6. The monoisotopic (exact) mass is 413 g/mol. The van der Waals surface area contributed by atoms with Crippen LogP contribution in [0.3, 0.4) is 0 Å². The number of nitrogens with one attached hydrogen (secondary N) is 2. The van der Waals surface area contributed by atoms with Gasteiger partial charge in [-0.1, -0.05) is 24.3 Å². The van der Waals surface area contributed by atoms with Crippen molar-refractivity contribution in [2.75, 3.05) is 12.4 Å². The summed E-state index contributed by atoms with van der Waals surface area (Å²) in [5, 5.41) is 15.2. The number of thiophene rings is 1. The predicted molar refractivity (Wildman–Crippen MR) is 116 cm³/mol. The number of hydrogen-bond acceptors (Lipinski definition) is 4. The van der Waals surface area contributed by atoms with E-state index in [0.29, 0.717) is 12.2 Å². The summed E-state index contributed by atoms with van der Waals surface area (Å²) in [6.45, 7) is 0. The Labute approximate surface area is 173 Å². The van der Waals surface area contributed by atoms with Crippen molar-refractivity contribution in [2.45, 2.75) is 12.3 Å². The van der Waals surface area contributed by atoms with Gasteiger partial charge in [0.25, 0.3) is 0 Å². The first-order valence-corrected chi connectivity index (χ1v) is 9.58. The van der Waals surface area contributed by atoms with Gasteiger partial charge in [-0.15, -0.1) is 12.4 Å². The van der Waals surface area contributed by atoms with Crippen LogP contribution in [0.25, 0.3) is 10.9 Å². The number of para-hydroxylation sites is 1. The predicted octanol–water partition coefficient (Wildman–Crippen LogP) is 5.02. The number of H-pyrrole nitrogens is 1. The lowest BCUT2D eigenvalue weighted by Gasteiger charge is -2.16. The van der Waals surface area contributed by atoms with Gasteiger partial charge in [-0.3, -0.25) is 9.89 Å². The van der Waals surface area contributed by atoms with Crippen molar-refractivity contribution in [3.05, 3.63) is 76.5 Å². The average Bonchev–Trinajstić information content (AvgIpc) is 3.36. The average molecular weight is 414 g/mol. The molecule has 1 unspecified atom stereocenters. The molecule has 0 saturated carbocycles. The van der Waals surface area contributed by atoms with Crippen LogP contribution in [0.15, 0.2) is 65.4 Å². The highest BCUT2D eigenvalue weighted by molar-refractivity contribution is 7.07. The third-order valence-electron chi connectivity index (χ3n) is 4.57. The minimum atomic E-state index is -0.319. The van der Waals surface area contributed by atoms with E-state index in [9.17, 15) is 4.79 Å². The van der Waals surface area contributed by atoms with Gasteiger partial charge in [0.1, 0.15) is 5.75 Å². The quantitative estimate of drug-likeness (QED) is 0.466. The normalized spacial score (nSPS) is 11.6. The highest BCUT2D eigenvalue weighted by Gasteiger charge is 2.23. The lowest BCUT2D eigenvalue weighted by Crippen LogP contribution is -2.23. The molecule has 28 heavy (non-hydrogen) atoms. The van der Waals surface area contributed by atoms with Crippen molar-refractivity contribution in [2.24, 2.45) is 0 Å². The molecule has 2 heterocycles. The van der Waals surface area contributed by atoms with Crippen LogP contribution in [0.1, 0.15) is 17.0 Å². The Morgan fingerprint density at radius 3 is 2.68 bits per heavy atom. The molecule has 0 radical (unpaired) electrons. The van der Waals surface area contributed by atoms with Gasteiger partial charge in [0, 0.05) is 5.39 Å². The van der Waals surface area contributed by atoms with Gasteiger partial charge < -0.3 is 10.1 Å². The summed E-state index contributed by atoms with van der Waals surface area (Å²) in [7, 11) is 1.63. The standard InChI is InChI=1S/C21H19N3O2S.ClH/c1-26-16-8-6-15(7-9-16)18(12-14-10-11-27-13-14)21(25)22-20-17-4-2-3-5-19(17)23-24-20;/h2-11,13,18H,12H2,1H3,(H2,22,23,24,25);1H. The van der Waals surface area contributed by atoms with Crippen LogP contribution in [0.5, 0.6) is 5.75 Å². The summed E-state index contributed by atoms with van der Waals surface area (Å²) in [6.07, 6.45) is 0.629. The van der Waals surface area contributed by atoms with Gasteiger partial charge in [-0.2, -0.15) is 16.4 Å². The zero-order valence-electron chi connectivity index (χ0n) is 15.2. The number of halogens is 1. The molecule has 144 valence electrons. The van der Waals surface area contributed by atoms with Gasteiger partial charge in [0.2, 0.25) is 5.91 Å². The Hall–Kier alpha value is -2.83. The molecule has 2 N–H and O–H groups in total. The first kappa shape index (κ1) is 19.9. The largest absolute Gasteiger partial charge is 0.497 e. The molecular weight excluding hydrogens is 394 g/mol. The fourth-order valence-electron chi connectivity index (χ4n) is 3.11. The lowest BCUT2D eigenvalue weighted by molar-refractivity contribution is -0.117. The van der Waals surface area contributed by atoms with Crippen LogP contribution in [-0.2, 0) is 11.2 Å². The minimum Gasteiger partial charge on any atom is -0.497 e. The van der Waals surface area contributed by atoms with Crippen LogP contribution in [-0.4, -0.2) is 23.2 Å². The number of fused-ring (bicyclic) bond motifs is 1. The van der Waals surface area contributed by atoms with Crippen LogP contribution in [0, 0.1) is 0 Å². The summed E-state index contributed by atoms with van der Waals surface area (Å²) in [5.41, 5.74) is 2.98. The molecule has 0 aliphatic carbocycles. The number of hydrogen-bond donors (Lipinski definition) is 2. The van der Waals surface area contributed by atoms with Gasteiger partial charge in [-0.05, 0) is 58.6 Å². The summed E-state index contributed by atoms with van der Waals surface area (Å²) >= 11 is 1.63. The molecule has 2 aromatic carbocycles. The second kappa shape index (κ2) is 8.91. The molecule has 4 rings (SSSR count). The molecule has 1 atom stereocenters. The Morgan fingerprint density at radius 2 is 1.96 bits per heavy atom. The van der Waals surface area contributed by atoms with E-state index in [0.717, 1.165) is 27.8 Å². The Balaban J connectivity index is 0.00000225. The van der Waals surface area contributed by atoms with E-state index in [-0.39, 0.29) is 24.2 Å². The van der Waals surface area contributed by atoms with Crippen molar-refractivity contribution in [3.63, 3.8) is 0 Å². The number of nitrogens with zero attached hydrogens (tertiary/aromatic N) is 1. The lowest BCUT2D eigenvalue weighted by atomic mass is 9.92. The zero-order valence-corrected chi connectivity index (χ0v) is 16.8. The van der Waals surface area contributed by atoms with Crippen molar-refractivity contribution < 1.29 is 9.53 Å². The van der Waals surface area contributed by atoms with E-state index < -0.39 is 0 Å². The van der Waals surface area contributed by atoms with E-state index in [4.69, 9.17) is 4.74 Å². The molecule has 5 nitrogen and oxygen atoms in total. The van der Waals surface area contributed by atoms with E-state index in [2.05, 4.69) is 27.0 Å². The molecule has 0 bridgehead atoms. The molecule has 1 amide bonds. The number of anilines is 1. The molecular formula is C21H20ClN3O2S. The topological polar surface area (TPSA) is 67.0 Å². The molecule has 4 aromatic rings. The maximum Gasteiger partial charge on any atom is 0.233 e. The first-order valence-electron chi connectivity index (χ1n) is 8.63. The highest BCUT2D eigenvalue weighted by atomic mass is 35.5. The van der Waals surface area contributed by atoms with Crippen molar-refractivity contribution in [1.82, 2.24) is 10.2 Å². The van der Waals surface area contributed by atoms with Gasteiger partial charge in [0.15, 0.2) is 5.82 Å². The van der Waals surface area contributed by atoms with Crippen LogP contribution < -0.4 is 10.1 Å². The number of amides is 1. The minimum absolute atomic E-state index is 0. The number of carbonyl (C=O) groups excluding carboxylic acids is 1. The number of carbonyl (C=O) groups is 1. The Kier molecular flexibility index (Phi) is 6.34. The summed E-state index contributed by atoms with van der Waals surface area (Å²) in [5.74, 6) is 0.927. The number of aromatic nitrogens is 2. The summed E-state index contributed by atoms with van der Waals surface area (Å²) in [4.78, 5) is 13.1. The van der Waals surface area contributed by atoms with Gasteiger partial charge in [-0.25, -0.2) is 0 Å². The number of rotatable bonds is 6. The highest BCUT2D eigenvalue weighted by Crippen LogP contribution is 2.27. The van der Waals surface area contributed by atoms with E-state index in [1.165, 1.54) is 0 Å². The summed E-state index contributed by atoms with van der Waals surface area (Å²) in [6, 6.07) is 17.4. The van der Waals surface area contributed by atoms with Crippen molar-refractivity contribution >= 4 is 46.4 Å². The van der Waals surface area contributed by atoms with E-state index in [1.807, 2.05) is 53.9 Å². The molecule has 7 heteroatoms. The maximum atomic E-state index is 13.1. The fraction of sp³-hybridized carbons (Fsp3) is 0.143. The molecule has 0 saturated heterocycles. The fourth-order valence-corrected chi connectivity index (χ4v) is 3.79. The molecule has 0 aliphatic rings. The number of benzene rings is 2. The van der Waals surface area contributed by atoms with Crippen LogP contribution in [0.2, 0.25) is 0 Å². The van der Waals surface area contributed by atoms with Crippen molar-refractivity contribution in [3.8, 4) is 5.75 Å². The maximum absolute atomic E-state index is 13.1. The molecule has 0 fully saturated rings. The third-order valence-corrected chi connectivity index (χ3v) is 5.30. The van der Waals surface area contributed by atoms with Gasteiger partial charge in [0.05, 0.1) is 18.5 Å². The molecule has 0 spiro atoms. The third kappa shape index (κ3) is 4.18. The number of aromatic amines is 1. The van der Waals surface area contributed by atoms with Gasteiger partial charge >= 0.3 is 0 Å². The first-order chi connectivity index (χ1) is 13.2. The number of methoxy groups -OCH3 is 1. The second-order valence-corrected chi connectivity index (χ2v) is 7.05. The second-order valence-electron chi connectivity index (χ2n) is 6.27.